The summed E-state index contributed by atoms with van der Waals surface area (Å²) in [4.78, 5) is 25.4. The van der Waals surface area contributed by atoms with Gasteiger partial charge >= 0.3 is 11.9 Å². The van der Waals surface area contributed by atoms with Crippen LogP contribution in [0.3, 0.4) is 0 Å². The second-order valence-electron chi connectivity index (χ2n) is 16.7. The van der Waals surface area contributed by atoms with Crippen LogP contribution in [0.5, 0.6) is 0 Å². The standard InChI is InChI=1S/C59H96O5/c1-4-7-10-13-16-19-22-25-27-29-31-33-36-39-42-45-48-51-54-62-55-57(64-59(61)53-50-47-44-41-38-34-24-21-18-15-12-9-6-3)56-63-58(60)52-49-46-43-40-37-35-32-30-28-26-23-20-17-14-11-8-5-2/h7-8,10-12,15-17,19-21,24-28,31-33,35,57H,4-6,9,13-14,18,22-23,29-30,34,36-56H2,1-3H3/b10-7-,11-8-,15-12-,19-16-,20-17-,24-21-,27-25-,28-26-,33-31-,35-32-. The molecular weight excluding hydrogens is 789 g/mol. The van der Waals surface area contributed by atoms with Gasteiger partial charge in [-0.05, 0) is 122 Å². The number of ether oxygens (including phenoxy) is 3. The van der Waals surface area contributed by atoms with Gasteiger partial charge in [0.1, 0.15) is 6.61 Å². The van der Waals surface area contributed by atoms with Crippen LogP contribution >= 0.6 is 0 Å². The van der Waals surface area contributed by atoms with Gasteiger partial charge in [-0.3, -0.25) is 9.59 Å². The van der Waals surface area contributed by atoms with Gasteiger partial charge in [0.15, 0.2) is 6.10 Å². The van der Waals surface area contributed by atoms with Crippen molar-refractivity contribution in [1.82, 2.24) is 0 Å². The molecule has 362 valence electrons. The third kappa shape index (κ3) is 50.9. The predicted octanol–water partition coefficient (Wildman–Crippen LogP) is 17.8. The van der Waals surface area contributed by atoms with E-state index < -0.39 is 6.10 Å². The number of unbranched alkanes of at least 4 members (excludes halogenated alkanes) is 15. The SMILES string of the molecule is CC/C=C\C/C=C\C/C=C\C/C=C\CCCCCCCOCC(COC(=O)CCCCCC/C=C\C/C=C\C/C=C\C/C=C\CC)OC(=O)CCCCCCC/C=C\C/C=C\CCC. The van der Waals surface area contributed by atoms with Crippen LogP contribution in [0.4, 0.5) is 0 Å². The molecule has 0 rings (SSSR count). The molecule has 0 aromatic heterocycles. The lowest BCUT2D eigenvalue weighted by molar-refractivity contribution is -0.163. The van der Waals surface area contributed by atoms with Crippen molar-refractivity contribution in [2.75, 3.05) is 19.8 Å². The largest absolute Gasteiger partial charge is 0.462 e. The van der Waals surface area contributed by atoms with E-state index in [4.69, 9.17) is 14.2 Å². The highest BCUT2D eigenvalue weighted by Crippen LogP contribution is 2.12. The van der Waals surface area contributed by atoms with Crippen LogP contribution in [0.2, 0.25) is 0 Å². The molecule has 0 N–H and O–H groups in total. The number of rotatable bonds is 46. The van der Waals surface area contributed by atoms with E-state index in [-0.39, 0.29) is 25.2 Å². The summed E-state index contributed by atoms with van der Waals surface area (Å²) in [5.41, 5.74) is 0. The van der Waals surface area contributed by atoms with E-state index >= 15 is 0 Å². The van der Waals surface area contributed by atoms with Crippen molar-refractivity contribution < 1.29 is 23.8 Å². The summed E-state index contributed by atoms with van der Waals surface area (Å²) in [6, 6.07) is 0. The van der Waals surface area contributed by atoms with Crippen LogP contribution in [0, 0.1) is 0 Å². The zero-order chi connectivity index (χ0) is 46.3. The molecule has 5 nitrogen and oxygen atoms in total. The molecule has 0 amide bonds. The van der Waals surface area contributed by atoms with Crippen LogP contribution < -0.4 is 0 Å². The van der Waals surface area contributed by atoms with Crippen LogP contribution in [-0.2, 0) is 23.8 Å². The lowest BCUT2D eigenvalue weighted by Gasteiger charge is -2.18. The van der Waals surface area contributed by atoms with Gasteiger partial charge in [0, 0.05) is 19.4 Å². The second kappa shape index (κ2) is 53.6. The van der Waals surface area contributed by atoms with Crippen LogP contribution in [0.15, 0.2) is 122 Å². The van der Waals surface area contributed by atoms with Crippen molar-refractivity contribution in [2.45, 2.75) is 219 Å². The van der Waals surface area contributed by atoms with Gasteiger partial charge in [-0.1, -0.05) is 200 Å². The van der Waals surface area contributed by atoms with Gasteiger partial charge in [-0.2, -0.15) is 0 Å². The van der Waals surface area contributed by atoms with Gasteiger partial charge in [0.05, 0.1) is 6.61 Å². The van der Waals surface area contributed by atoms with Crippen molar-refractivity contribution in [3.05, 3.63) is 122 Å². The Morgan fingerprint density at radius 2 is 0.703 bits per heavy atom. The molecule has 0 saturated heterocycles. The van der Waals surface area contributed by atoms with E-state index in [1.807, 2.05) is 0 Å². The average molecular weight is 885 g/mol. The number of esters is 2. The van der Waals surface area contributed by atoms with Crippen LogP contribution in [0.25, 0.3) is 0 Å². The molecule has 0 aliphatic carbocycles. The third-order valence-electron chi connectivity index (χ3n) is 10.4. The van der Waals surface area contributed by atoms with Crippen LogP contribution in [-0.4, -0.2) is 37.9 Å². The summed E-state index contributed by atoms with van der Waals surface area (Å²) >= 11 is 0. The smallest absolute Gasteiger partial charge is 0.306 e. The fourth-order valence-corrected chi connectivity index (χ4v) is 6.65. The molecule has 0 saturated carbocycles. The Morgan fingerprint density at radius 1 is 0.359 bits per heavy atom. The molecule has 1 atom stereocenters. The molecule has 1 unspecified atom stereocenters. The van der Waals surface area contributed by atoms with E-state index in [0.717, 1.165) is 141 Å². The predicted molar refractivity (Wildman–Crippen MR) is 279 cm³/mol. The van der Waals surface area contributed by atoms with Gasteiger partial charge in [-0.25, -0.2) is 0 Å². The summed E-state index contributed by atoms with van der Waals surface area (Å²) in [5.74, 6) is -0.460. The first kappa shape index (κ1) is 60.3. The Labute approximate surface area is 395 Å². The molecule has 0 spiro atoms. The van der Waals surface area contributed by atoms with E-state index in [2.05, 4.69) is 142 Å². The Morgan fingerprint density at radius 3 is 1.12 bits per heavy atom. The Hall–Kier alpha value is -3.70. The molecule has 0 aromatic rings. The maximum atomic E-state index is 12.8. The maximum Gasteiger partial charge on any atom is 0.306 e. The fourth-order valence-electron chi connectivity index (χ4n) is 6.65. The number of carbonyl (C=O) groups is 2. The highest BCUT2D eigenvalue weighted by Gasteiger charge is 2.17. The molecular formula is C59H96O5. The van der Waals surface area contributed by atoms with Gasteiger partial charge in [0.25, 0.3) is 0 Å². The van der Waals surface area contributed by atoms with Crippen molar-refractivity contribution in [2.24, 2.45) is 0 Å². The summed E-state index contributed by atoms with van der Waals surface area (Å²) in [7, 11) is 0. The molecule has 64 heavy (non-hydrogen) atoms. The molecule has 0 bridgehead atoms. The molecule has 0 radical (unpaired) electrons. The zero-order valence-corrected chi connectivity index (χ0v) is 41.5. The van der Waals surface area contributed by atoms with E-state index in [9.17, 15) is 9.59 Å². The van der Waals surface area contributed by atoms with Crippen molar-refractivity contribution in [1.29, 1.82) is 0 Å². The highest BCUT2D eigenvalue weighted by molar-refractivity contribution is 5.70. The van der Waals surface area contributed by atoms with Crippen molar-refractivity contribution >= 4 is 11.9 Å². The van der Waals surface area contributed by atoms with Gasteiger partial charge in [0.2, 0.25) is 0 Å². The second-order valence-corrected chi connectivity index (χ2v) is 16.7. The zero-order valence-electron chi connectivity index (χ0n) is 41.5. The minimum absolute atomic E-state index is 0.0512. The van der Waals surface area contributed by atoms with E-state index in [0.29, 0.717) is 19.4 Å². The summed E-state index contributed by atoms with van der Waals surface area (Å²) < 4.78 is 17.4. The van der Waals surface area contributed by atoms with Gasteiger partial charge < -0.3 is 14.2 Å². The Bertz CT molecular complexity index is 1320. The topological polar surface area (TPSA) is 61.8 Å². The van der Waals surface area contributed by atoms with Crippen LogP contribution in [0.1, 0.15) is 213 Å². The highest BCUT2D eigenvalue weighted by atomic mass is 16.6. The van der Waals surface area contributed by atoms with E-state index in [1.165, 1.54) is 38.5 Å². The molecule has 0 heterocycles. The fraction of sp³-hybridized carbons (Fsp3) is 0.627. The Balaban J connectivity index is 4.39. The number of allylic oxidation sites excluding steroid dienone is 20. The first-order chi connectivity index (χ1) is 31.6. The monoisotopic (exact) mass is 885 g/mol. The van der Waals surface area contributed by atoms with Crippen molar-refractivity contribution in [3.8, 4) is 0 Å². The van der Waals surface area contributed by atoms with E-state index in [1.54, 1.807) is 0 Å². The molecule has 0 aliphatic rings. The minimum Gasteiger partial charge on any atom is -0.462 e. The lowest BCUT2D eigenvalue weighted by atomic mass is 10.1. The summed E-state index contributed by atoms with van der Waals surface area (Å²) in [5, 5.41) is 0. The first-order valence-electron chi connectivity index (χ1n) is 26.1. The first-order valence-corrected chi connectivity index (χ1v) is 26.1. The Kier molecular flexibility index (Phi) is 50.5. The third-order valence-corrected chi connectivity index (χ3v) is 10.4. The van der Waals surface area contributed by atoms with Crippen molar-refractivity contribution in [3.63, 3.8) is 0 Å². The molecule has 0 aromatic carbocycles. The number of carbonyl (C=O) groups excluding carboxylic acids is 2. The molecule has 0 fully saturated rings. The van der Waals surface area contributed by atoms with Gasteiger partial charge in [-0.15, -0.1) is 0 Å². The maximum absolute atomic E-state index is 12.8. The number of hydrogen-bond donors (Lipinski definition) is 0. The molecule has 0 aliphatic heterocycles. The normalized spacial score (nSPS) is 13.2. The quantitative estimate of drug-likeness (QED) is 0.0346. The molecule has 5 heteroatoms. The number of hydrogen-bond acceptors (Lipinski definition) is 5. The lowest BCUT2D eigenvalue weighted by Crippen LogP contribution is -2.30. The minimum atomic E-state index is -0.572. The summed E-state index contributed by atoms with van der Waals surface area (Å²) in [6.45, 7) is 7.44. The summed E-state index contributed by atoms with van der Waals surface area (Å²) in [6.07, 6.45) is 74.9. The average Bonchev–Trinajstić information content (AvgIpc) is 3.30.